The highest BCUT2D eigenvalue weighted by Crippen LogP contribution is 2.34. The van der Waals surface area contributed by atoms with Crippen molar-refractivity contribution in [1.82, 2.24) is 5.01 Å². The van der Waals surface area contributed by atoms with Gasteiger partial charge in [0.2, 0.25) is 5.91 Å². The van der Waals surface area contributed by atoms with Gasteiger partial charge in [-0.05, 0) is 29.1 Å². The third-order valence-electron chi connectivity index (χ3n) is 3.52. The monoisotopic (exact) mass is 300 g/mol. The summed E-state index contributed by atoms with van der Waals surface area (Å²) >= 11 is 1.65. The molecule has 0 radical (unpaired) electrons. The van der Waals surface area contributed by atoms with E-state index >= 15 is 0 Å². The fourth-order valence-electron chi connectivity index (χ4n) is 2.50. The number of carbonyl (C=O) groups is 1. The highest BCUT2D eigenvalue weighted by molar-refractivity contribution is 7.12. The minimum atomic E-state index is -0.0605. The van der Waals surface area contributed by atoms with E-state index in [0.717, 1.165) is 28.3 Å². The summed E-state index contributed by atoms with van der Waals surface area (Å²) in [7, 11) is 1.64. The maximum Gasteiger partial charge on any atom is 0.240 e. The van der Waals surface area contributed by atoms with Crippen LogP contribution in [0.25, 0.3) is 0 Å². The first-order valence-corrected chi connectivity index (χ1v) is 7.62. The lowest BCUT2D eigenvalue weighted by atomic mass is 10.0. The Morgan fingerprint density at radius 2 is 2.24 bits per heavy atom. The molecule has 1 aliphatic heterocycles. The highest BCUT2D eigenvalue weighted by Gasteiger charge is 2.31. The first-order valence-electron chi connectivity index (χ1n) is 6.74. The topological polar surface area (TPSA) is 41.9 Å². The summed E-state index contributed by atoms with van der Waals surface area (Å²) in [6, 6.07) is 11.8. The number of hydrogen-bond donors (Lipinski definition) is 0. The number of nitrogens with zero attached hydrogens (tertiary/aromatic N) is 2. The zero-order valence-corrected chi connectivity index (χ0v) is 12.8. The number of benzene rings is 1. The molecule has 3 rings (SSSR count). The van der Waals surface area contributed by atoms with Gasteiger partial charge in [0.05, 0.1) is 23.7 Å². The van der Waals surface area contributed by atoms with E-state index in [1.54, 1.807) is 30.4 Å². The summed E-state index contributed by atoms with van der Waals surface area (Å²) in [6.45, 7) is 1.55. The molecule has 0 spiro atoms. The maximum absolute atomic E-state index is 11.9. The van der Waals surface area contributed by atoms with E-state index in [0.29, 0.717) is 0 Å². The van der Waals surface area contributed by atoms with Gasteiger partial charge in [0.1, 0.15) is 5.75 Å². The van der Waals surface area contributed by atoms with Gasteiger partial charge in [-0.1, -0.05) is 18.2 Å². The van der Waals surface area contributed by atoms with Crippen molar-refractivity contribution in [2.45, 2.75) is 19.4 Å². The molecule has 1 aromatic heterocycles. The van der Waals surface area contributed by atoms with Crippen LogP contribution in [0.5, 0.6) is 5.75 Å². The number of amides is 1. The van der Waals surface area contributed by atoms with Crippen LogP contribution in [-0.2, 0) is 4.79 Å². The Bertz CT molecular complexity index is 679. The van der Waals surface area contributed by atoms with Gasteiger partial charge in [-0.25, -0.2) is 5.01 Å². The summed E-state index contributed by atoms with van der Waals surface area (Å²) in [4.78, 5) is 13.0. The number of carbonyl (C=O) groups excluding carboxylic acids is 1. The van der Waals surface area contributed by atoms with Crippen LogP contribution in [0.15, 0.2) is 46.9 Å². The van der Waals surface area contributed by atoms with Crippen LogP contribution in [0.1, 0.15) is 29.8 Å². The predicted molar refractivity (Wildman–Crippen MR) is 83.7 cm³/mol. The molecule has 2 heterocycles. The Morgan fingerprint density at radius 1 is 1.38 bits per heavy atom. The van der Waals surface area contributed by atoms with Crippen LogP contribution in [-0.4, -0.2) is 23.7 Å². The van der Waals surface area contributed by atoms with Crippen molar-refractivity contribution in [2.24, 2.45) is 5.10 Å². The molecule has 108 valence electrons. The van der Waals surface area contributed by atoms with Crippen LogP contribution >= 0.6 is 11.3 Å². The zero-order chi connectivity index (χ0) is 14.8. The van der Waals surface area contributed by atoms with Crippen molar-refractivity contribution in [1.29, 1.82) is 0 Å². The fraction of sp³-hybridized carbons (Fsp3) is 0.250. The lowest BCUT2D eigenvalue weighted by Gasteiger charge is -2.20. The number of rotatable bonds is 3. The van der Waals surface area contributed by atoms with Crippen LogP contribution in [0.3, 0.4) is 0 Å². The second-order valence-corrected chi connectivity index (χ2v) is 5.83. The summed E-state index contributed by atoms with van der Waals surface area (Å²) in [5, 5.41) is 8.11. The van der Waals surface area contributed by atoms with E-state index in [4.69, 9.17) is 4.74 Å². The first kappa shape index (κ1) is 13.8. The molecule has 1 unspecified atom stereocenters. The molecule has 21 heavy (non-hydrogen) atoms. The van der Waals surface area contributed by atoms with Gasteiger partial charge in [0, 0.05) is 13.3 Å². The molecule has 0 fully saturated rings. The maximum atomic E-state index is 11.9. The van der Waals surface area contributed by atoms with E-state index in [-0.39, 0.29) is 11.9 Å². The lowest BCUT2D eigenvalue weighted by molar-refractivity contribution is -0.130. The molecule has 1 atom stereocenters. The van der Waals surface area contributed by atoms with E-state index in [9.17, 15) is 4.79 Å². The Kier molecular flexibility index (Phi) is 3.75. The molecule has 1 aromatic carbocycles. The van der Waals surface area contributed by atoms with Crippen molar-refractivity contribution in [2.75, 3.05) is 7.11 Å². The van der Waals surface area contributed by atoms with Crippen LogP contribution in [0.4, 0.5) is 0 Å². The quantitative estimate of drug-likeness (QED) is 0.871. The molecule has 2 aromatic rings. The normalized spacial score (nSPS) is 17.7. The molecule has 1 aliphatic rings. The Balaban J connectivity index is 1.93. The molecule has 0 N–H and O–H groups in total. The van der Waals surface area contributed by atoms with Gasteiger partial charge in [-0.15, -0.1) is 11.3 Å². The van der Waals surface area contributed by atoms with Crippen molar-refractivity contribution in [3.63, 3.8) is 0 Å². The van der Waals surface area contributed by atoms with Gasteiger partial charge >= 0.3 is 0 Å². The average Bonchev–Trinajstić information content (AvgIpc) is 3.16. The molecule has 4 nitrogen and oxygen atoms in total. The largest absolute Gasteiger partial charge is 0.497 e. The molecule has 5 heteroatoms. The summed E-state index contributed by atoms with van der Waals surface area (Å²) in [5.74, 6) is 0.745. The molecule has 0 saturated carbocycles. The van der Waals surface area contributed by atoms with Crippen molar-refractivity contribution in [3.05, 3.63) is 52.2 Å². The van der Waals surface area contributed by atoms with E-state index in [2.05, 4.69) is 5.10 Å². The number of ether oxygens (including phenoxy) is 1. The third kappa shape index (κ3) is 2.69. The second-order valence-electron chi connectivity index (χ2n) is 4.88. The third-order valence-corrected chi connectivity index (χ3v) is 4.44. The van der Waals surface area contributed by atoms with Gasteiger partial charge < -0.3 is 4.74 Å². The fourth-order valence-corrected chi connectivity index (χ4v) is 3.22. The molecule has 0 aliphatic carbocycles. The Labute approximate surface area is 127 Å². The highest BCUT2D eigenvalue weighted by atomic mass is 32.1. The Hall–Kier alpha value is -2.14. The summed E-state index contributed by atoms with van der Waals surface area (Å²) in [6.07, 6.45) is 0.729. The average molecular weight is 300 g/mol. The molecular weight excluding hydrogens is 284 g/mol. The van der Waals surface area contributed by atoms with Crippen LogP contribution in [0, 0.1) is 0 Å². The molecular formula is C16H16N2O2S. The van der Waals surface area contributed by atoms with Crippen molar-refractivity contribution in [3.8, 4) is 5.75 Å². The van der Waals surface area contributed by atoms with E-state index in [1.165, 1.54) is 0 Å². The number of methoxy groups -OCH3 is 1. The minimum absolute atomic E-state index is 0.0469. The summed E-state index contributed by atoms with van der Waals surface area (Å²) in [5.41, 5.74) is 2.01. The summed E-state index contributed by atoms with van der Waals surface area (Å²) < 4.78 is 5.27. The van der Waals surface area contributed by atoms with Crippen LogP contribution in [0.2, 0.25) is 0 Å². The first-order chi connectivity index (χ1) is 10.2. The van der Waals surface area contributed by atoms with E-state index < -0.39 is 0 Å². The van der Waals surface area contributed by atoms with E-state index in [1.807, 2.05) is 41.8 Å². The lowest BCUT2D eigenvalue weighted by Crippen LogP contribution is -2.24. The standard InChI is InChI=1S/C16H16N2O2S/c1-11(19)18-15(12-5-3-6-13(9-12)20-2)10-14(17-18)16-7-4-8-21-16/h3-9,15H,10H2,1-2H3. The van der Waals surface area contributed by atoms with Gasteiger partial charge in [0.15, 0.2) is 0 Å². The van der Waals surface area contributed by atoms with Gasteiger partial charge in [-0.2, -0.15) is 5.10 Å². The van der Waals surface area contributed by atoms with Gasteiger partial charge in [-0.3, -0.25) is 4.79 Å². The van der Waals surface area contributed by atoms with Crippen LogP contribution < -0.4 is 4.74 Å². The number of thiophene rings is 1. The Morgan fingerprint density at radius 3 is 2.90 bits per heavy atom. The van der Waals surface area contributed by atoms with Gasteiger partial charge in [0.25, 0.3) is 0 Å². The SMILES string of the molecule is COc1cccc(C2CC(c3cccs3)=NN2C(C)=O)c1. The smallest absolute Gasteiger partial charge is 0.240 e. The zero-order valence-electron chi connectivity index (χ0n) is 11.9. The van der Waals surface area contributed by atoms with Crippen molar-refractivity contribution >= 4 is 23.0 Å². The minimum Gasteiger partial charge on any atom is -0.497 e. The predicted octanol–water partition coefficient (Wildman–Crippen LogP) is 3.45. The molecule has 0 saturated heterocycles. The number of hydrazone groups is 1. The van der Waals surface area contributed by atoms with Crippen molar-refractivity contribution < 1.29 is 9.53 Å². The second kappa shape index (κ2) is 5.69. The molecule has 1 amide bonds. The number of hydrogen-bond acceptors (Lipinski definition) is 4. The molecule has 0 bridgehead atoms.